The molecular formula is C12H20N2O3. The number of nitrogens with one attached hydrogen (secondary N) is 1. The summed E-state index contributed by atoms with van der Waals surface area (Å²) >= 11 is 0. The highest BCUT2D eigenvalue weighted by atomic mass is 16.5. The quantitative estimate of drug-likeness (QED) is 0.698. The van der Waals surface area contributed by atoms with Crippen molar-refractivity contribution in [1.82, 2.24) is 10.2 Å². The molecule has 5 nitrogen and oxygen atoms in total. The summed E-state index contributed by atoms with van der Waals surface area (Å²) in [5.41, 5.74) is -0.193. The van der Waals surface area contributed by atoms with Crippen LogP contribution >= 0.6 is 0 Å². The van der Waals surface area contributed by atoms with E-state index in [1.54, 1.807) is 0 Å². The summed E-state index contributed by atoms with van der Waals surface area (Å²) in [7, 11) is 0. The summed E-state index contributed by atoms with van der Waals surface area (Å²) in [5.74, 6) is -0.114. The van der Waals surface area contributed by atoms with Gasteiger partial charge in [0.1, 0.15) is 0 Å². The van der Waals surface area contributed by atoms with Crippen molar-refractivity contribution in [2.24, 2.45) is 5.41 Å². The summed E-state index contributed by atoms with van der Waals surface area (Å²) in [6, 6.07) is 0.0814. The van der Waals surface area contributed by atoms with Crippen LogP contribution in [0.5, 0.6) is 0 Å². The molecule has 2 heterocycles. The fraction of sp³-hybridized carbons (Fsp3) is 0.833. The van der Waals surface area contributed by atoms with Gasteiger partial charge in [0, 0.05) is 32.0 Å². The van der Waals surface area contributed by atoms with Gasteiger partial charge in [-0.1, -0.05) is 13.8 Å². The summed E-state index contributed by atoms with van der Waals surface area (Å²) in [4.78, 5) is 25.2. The topological polar surface area (TPSA) is 58.6 Å². The number of carbonyl (C=O) groups excluding carboxylic acids is 2. The Bertz CT molecular complexity index is 302. The van der Waals surface area contributed by atoms with Crippen LogP contribution in [0.25, 0.3) is 0 Å². The average molecular weight is 240 g/mol. The predicted molar refractivity (Wildman–Crippen MR) is 62.3 cm³/mol. The SMILES string of the molecule is CC1(C)CC(=O)N(CC2COCCN2)C(=O)C1. The predicted octanol–water partition coefficient (Wildman–Crippen LogP) is 0.150. The molecule has 0 aliphatic carbocycles. The smallest absolute Gasteiger partial charge is 0.229 e. The van der Waals surface area contributed by atoms with Crippen LogP contribution in [0.3, 0.4) is 0 Å². The van der Waals surface area contributed by atoms with E-state index in [2.05, 4.69) is 5.32 Å². The second kappa shape index (κ2) is 4.74. The zero-order valence-electron chi connectivity index (χ0n) is 10.5. The molecule has 0 radical (unpaired) electrons. The summed E-state index contributed by atoms with van der Waals surface area (Å²) in [5, 5.41) is 3.26. The van der Waals surface area contributed by atoms with Crippen molar-refractivity contribution in [2.45, 2.75) is 32.7 Å². The van der Waals surface area contributed by atoms with Gasteiger partial charge in [0.25, 0.3) is 0 Å². The maximum absolute atomic E-state index is 11.9. The van der Waals surface area contributed by atoms with Gasteiger partial charge in [0.15, 0.2) is 0 Å². The molecule has 1 N–H and O–H groups in total. The molecule has 96 valence electrons. The Kier molecular flexibility index (Phi) is 3.49. The van der Waals surface area contributed by atoms with Crippen LogP contribution in [0.15, 0.2) is 0 Å². The van der Waals surface area contributed by atoms with Crippen molar-refractivity contribution in [2.75, 3.05) is 26.3 Å². The fourth-order valence-corrected chi connectivity index (χ4v) is 2.37. The number of nitrogens with zero attached hydrogens (tertiary/aromatic N) is 1. The van der Waals surface area contributed by atoms with Crippen LogP contribution in [0.4, 0.5) is 0 Å². The molecule has 0 bridgehead atoms. The minimum absolute atomic E-state index is 0.0568. The number of carbonyl (C=O) groups is 2. The molecular weight excluding hydrogens is 220 g/mol. The maximum Gasteiger partial charge on any atom is 0.229 e. The molecule has 0 saturated carbocycles. The monoisotopic (exact) mass is 240 g/mol. The average Bonchev–Trinajstić information content (AvgIpc) is 2.24. The molecule has 2 aliphatic rings. The highest BCUT2D eigenvalue weighted by Gasteiger charge is 2.38. The molecule has 5 heteroatoms. The second-order valence-electron chi connectivity index (χ2n) is 5.64. The van der Waals surface area contributed by atoms with Gasteiger partial charge in [-0.15, -0.1) is 0 Å². The third-order valence-corrected chi connectivity index (χ3v) is 3.26. The molecule has 0 spiro atoms. The van der Waals surface area contributed by atoms with Crippen molar-refractivity contribution < 1.29 is 14.3 Å². The zero-order valence-corrected chi connectivity index (χ0v) is 10.5. The van der Waals surface area contributed by atoms with E-state index in [1.165, 1.54) is 4.90 Å². The Hall–Kier alpha value is -0.940. The Morgan fingerprint density at radius 1 is 1.35 bits per heavy atom. The standard InChI is InChI=1S/C12H20N2O3/c1-12(2)5-10(15)14(11(16)6-12)7-9-8-17-4-3-13-9/h9,13H,3-8H2,1-2H3. The van der Waals surface area contributed by atoms with Crippen molar-refractivity contribution in [3.05, 3.63) is 0 Å². The van der Waals surface area contributed by atoms with Gasteiger partial charge in [-0.3, -0.25) is 14.5 Å². The summed E-state index contributed by atoms with van der Waals surface area (Å²) in [6.45, 7) is 6.41. The van der Waals surface area contributed by atoms with E-state index in [4.69, 9.17) is 4.74 Å². The third kappa shape index (κ3) is 3.04. The minimum atomic E-state index is -0.193. The summed E-state index contributed by atoms with van der Waals surface area (Å²) < 4.78 is 5.32. The first-order valence-corrected chi connectivity index (χ1v) is 6.12. The Labute approximate surface area is 101 Å². The first-order valence-electron chi connectivity index (χ1n) is 6.12. The molecule has 0 aromatic carbocycles. The van der Waals surface area contributed by atoms with Gasteiger partial charge in [-0.05, 0) is 5.41 Å². The van der Waals surface area contributed by atoms with E-state index in [9.17, 15) is 9.59 Å². The first-order chi connectivity index (χ1) is 7.98. The van der Waals surface area contributed by atoms with E-state index >= 15 is 0 Å². The number of piperidine rings is 1. The molecule has 2 saturated heterocycles. The van der Waals surface area contributed by atoms with Crippen molar-refractivity contribution >= 4 is 11.8 Å². The van der Waals surface area contributed by atoms with Crippen molar-refractivity contribution in [3.8, 4) is 0 Å². The number of hydrogen-bond donors (Lipinski definition) is 1. The highest BCUT2D eigenvalue weighted by molar-refractivity contribution is 5.98. The number of rotatable bonds is 2. The lowest BCUT2D eigenvalue weighted by atomic mass is 9.81. The molecule has 2 rings (SSSR count). The van der Waals surface area contributed by atoms with Gasteiger partial charge in [-0.25, -0.2) is 0 Å². The van der Waals surface area contributed by atoms with Crippen molar-refractivity contribution in [3.63, 3.8) is 0 Å². The van der Waals surface area contributed by atoms with Gasteiger partial charge < -0.3 is 10.1 Å². The number of amides is 2. The molecule has 0 aromatic rings. The van der Waals surface area contributed by atoms with Crippen LogP contribution in [-0.4, -0.2) is 49.1 Å². The molecule has 0 aromatic heterocycles. The Balaban J connectivity index is 1.96. The Morgan fingerprint density at radius 3 is 2.53 bits per heavy atom. The summed E-state index contributed by atoms with van der Waals surface area (Å²) in [6.07, 6.45) is 0.901. The molecule has 17 heavy (non-hydrogen) atoms. The van der Waals surface area contributed by atoms with E-state index in [0.717, 1.165) is 6.54 Å². The van der Waals surface area contributed by atoms with Gasteiger partial charge >= 0.3 is 0 Å². The third-order valence-electron chi connectivity index (χ3n) is 3.26. The highest BCUT2D eigenvalue weighted by Crippen LogP contribution is 2.31. The normalized spacial score (nSPS) is 29.5. The largest absolute Gasteiger partial charge is 0.378 e. The van der Waals surface area contributed by atoms with E-state index in [-0.39, 0.29) is 23.3 Å². The maximum atomic E-state index is 11.9. The van der Waals surface area contributed by atoms with Crippen LogP contribution in [-0.2, 0) is 14.3 Å². The number of morpholine rings is 1. The molecule has 2 aliphatic heterocycles. The van der Waals surface area contributed by atoms with E-state index in [1.807, 2.05) is 13.8 Å². The fourth-order valence-electron chi connectivity index (χ4n) is 2.37. The molecule has 2 fully saturated rings. The van der Waals surface area contributed by atoms with E-state index < -0.39 is 0 Å². The minimum Gasteiger partial charge on any atom is -0.378 e. The molecule has 1 unspecified atom stereocenters. The second-order valence-corrected chi connectivity index (χ2v) is 5.64. The van der Waals surface area contributed by atoms with Gasteiger partial charge in [-0.2, -0.15) is 0 Å². The zero-order chi connectivity index (χ0) is 12.5. The Morgan fingerprint density at radius 2 is 2.00 bits per heavy atom. The van der Waals surface area contributed by atoms with Crippen molar-refractivity contribution in [1.29, 1.82) is 0 Å². The number of hydrogen-bond acceptors (Lipinski definition) is 4. The van der Waals surface area contributed by atoms with Crippen LogP contribution in [0, 0.1) is 5.41 Å². The molecule has 2 amide bonds. The van der Waals surface area contributed by atoms with Crippen LogP contribution < -0.4 is 5.32 Å². The lowest BCUT2D eigenvalue weighted by Crippen LogP contribution is -2.54. The van der Waals surface area contributed by atoms with Crippen LogP contribution in [0.2, 0.25) is 0 Å². The number of imide groups is 1. The first kappa shape index (κ1) is 12.5. The molecule has 1 atom stereocenters. The number of likely N-dealkylation sites (tertiary alicyclic amines) is 1. The van der Waals surface area contributed by atoms with E-state index in [0.29, 0.717) is 32.6 Å². The lowest BCUT2D eigenvalue weighted by Gasteiger charge is -2.37. The van der Waals surface area contributed by atoms with Crippen LogP contribution in [0.1, 0.15) is 26.7 Å². The van der Waals surface area contributed by atoms with Gasteiger partial charge in [0.2, 0.25) is 11.8 Å². The lowest BCUT2D eigenvalue weighted by molar-refractivity contribution is -0.153. The number of ether oxygens (including phenoxy) is 1. The van der Waals surface area contributed by atoms with Gasteiger partial charge in [0.05, 0.1) is 13.2 Å².